The van der Waals surface area contributed by atoms with Crippen LogP contribution in [0.25, 0.3) is 0 Å². The standard InChI is InChI=1S/C19H21NO3/c1-2-23-16-9-7-15(8-10-16)18(21)20-13-19(22)12-11-14-5-3-4-6-17(14)19/h3-10,22H,2,11-13H2,1H3,(H,20,21). The molecule has 0 spiro atoms. The van der Waals surface area contributed by atoms with Gasteiger partial charge in [-0.2, -0.15) is 0 Å². The Morgan fingerprint density at radius 2 is 1.96 bits per heavy atom. The Hall–Kier alpha value is -2.33. The molecule has 0 radical (unpaired) electrons. The normalized spacial score (nSPS) is 19.2. The van der Waals surface area contributed by atoms with Crippen molar-refractivity contribution in [2.45, 2.75) is 25.4 Å². The van der Waals surface area contributed by atoms with E-state index in [0.717, 1.165) is 23.3 Å². The molecule has 0 aromatic heterocycles. The number of ether oxygens (including phenoxy) is 1. The Morgan fingerprint density at radius 1 is 1.22 bits per heavy atom. The van der Waals surface area contributed by atoms with E-state index in [1.165, 1.54) is 0 Å². The average Bonchev–Trinajstić information content (AvgIpc) is 2.92. The van der Waals surface area contributed by atoms with Gasteiger partial charge in [-0.3, -0.25) is 4.79 Å². The highest BCUT2D eigenvalue weighted by molar-refractivity contribution is 5.94. The van der Waals surface area contributed by atoms with Crippen LogP contribution in [0.4, 0.5) is 0 Å². The van der Waals surface area contributed by atoms with Crippen molar-refractivity contribution < 1.29 is 14.6 Å². The maximum atomic E-state index is 12.3. The van der Waals surface area contributed by atoms with Gasteiger partial charge >= 0.3 is 0 Å². The molecule has 2 aromatic carbocycles. The van der Waals surface area contributed by atoms with Gasteiger partial charge < -0.3 is 15.2 Å². The number of carbonyl (C=O) groups excluding carboxylic acids is 1. The summed E-state index contributed by atoms with van der Waals surface area (Å²) in [6, 6.07) is 14.9. The number of hydrogen-bond donors (Lipinski definition) is 2. The van der Waals surface area contributed by atoms with Gasteiger partial charge in [0.05, 0.1) is 13.2 Å². The summed E-state index contributed by atoms with van der Waals surface area (Å²) in [5, 5.41) is 13.7. The molecule has 3 rings (SSSR count). The summed E-state index contributed by atoms with van der Waals surface area (Å²) in [5.41, 5.74) is 1.66. The van der Waals surface area contributed by atoms with Crippen LogP contribution < -0.4 is 10.1 Å². The van der Waals surface area contributed by atoms with Gasteiger partial charge in [-0.15, -0.1) is 0 Å². The van der Waals surface area contributed by atoms with Crippen molar-refractivity contribution >= 4 is 5.91 Å². The van der Waals surface area contributed by atoms with Gasteiger partial charge in [0.15, 0.2) is 0 Å². The number of benzene rings is 2. The predicted octanol–water partition coefficient (Wildman–Crippen LogP) is 2.65. The van der Waals surface area contributed by atoms with Crippen molar-refractivity contribution in [1.29, 1.82) is 0 Å². The summed E-state index contributed by atoms with van der Waals surface area (Å²) < 4.78 is 5.37. The van der Waals surface area contributed by atoms with Crippen LogP contribution in [0.3, 0.4) is 0 Å². The Labute approximate surface area is 136 Å². The molecule has 1 aliphatic rings. The summed E-state index contributed by atoms with van der Waals surface area (Å²) in [5.74, 6) is 0.554. The Balaban J connectivity index is 1.65. The van der Waals surface area contributed by atoms with E-state index in [2.05, 4.69) is 5.32 Å². The molecule has 1 atom stereocenters. The van der Waals surface area contributed by atoms with E-state index in [-0.39, 0.29) is 12.5 Å². The maximum Gasteiger partial charge on any atom is 0.251 e. The number of aliphatic hydroxyl groups is 1. The van der Waals surface area contributed by atoms with Crippen molar-refractivity contribution in [2.75, 3.05) is 13.2 Å². The molecule has 23 heavy (non-hydrogen) atoms. The Kier molecular flexibility index (Phi) is 4.35. The lowest BCUT2D eigenvalue weighted by Gasteiger charge is -2.24. The average molecular weight is 311 g/mol. The topological polar surface area (TPSA) is 58.6 Å². The van der Waals surface area contributed by atoms with Gasteiger partial charge in [0.25, 0.3) is 5.91 Å². The minimum absolute atomic E-state index is 0.189. The zero-order valence-corrected chi connectivity index (χ0v) is 13.2. The summed E-state index contributed by atoms with van der Waals surface area (Å²) in [6.45, 7) is 2.73. The highest BCUT2D eigenvalue weighted by Gasteiger charge is 2.36. The van der Waals surface area contributed by atoms with Gasteiger partial charge in [0, 0.05) is 5.56 Å². The molecular formula is C19H21NO3. The van der Waals surface area contributed by atoms with Gasteiger partial charge in [-0.25, -0.2) is 0 Å². The van der Waals surface area contributed by atoms with E-state index in [0.29, 0.717) is 18.6 Å². The van der Waals surface area contributed by atoms with E-state index in [4.69, 9.17) is 4.74 Å². The molecular weight excluding hydrogens is 290 g/mol. The number of carbonyl (C=O) groups is 1. The summed E-state index contributed by atoms with van der Waals surface area (Å²) >= 11 is 0. The van der Waals surface area contributed by atoms with Gasteiger partial charge in [0.2, 0.25) is 0 Å². The second-order valence-electron chi connectivity index (χ2n) is 5.83. The fraction of sp³-hybridized carbons (Fsp3) is 0.316. The number of fused-ring (bicyclic) bond motifs is 1. The lowest BCUT2D eigenvalue weighted by Crippen LogP contribution is -2.39. The molecule has 0 heterocycles. The molecule has 1 aliphatic carbocycles. The van der Waals surface area contributed by atoms with Crippen molar-refractivity contribution in [1.82, 2.24) is 5.32 Å². The molecule has 0 aliphatic heterocycles. The van der Waals surface area contributed by atoms with E-state index in [1.807, 2.05) is 31.2 Å². The number of amides is 1. The molecule has 4 heteroatoms. The molecule has 2 aromatic rings. The smallest absolute Gasteiger partial charge is 0.251 e. The predicted molar refractivity (Wildman–Crippen MR) is 88.6 cm³/mol. The second kappa shape index (κ2) is 6.42. The van der Waals surface area contributed by atoms with Crippen molar-refractivity contribution in [3.63, 3.8) is 0 Å². The van der Waals surface area contributed by atoms with Crippen molar-refractivity contribution in [3.8, 4) is 5.75 Å². The third-order valence-electron chi connectivity index (χ3n) is 4.30. The summed E-state index contributed by atoms with van der Waals surface area (Å²) in [7, 11) is 0. The SMILES string of the molecule is CCOc1ccc(C(=O)NCC2(O)CCc3ccccc32)cc1. The molecule has 2 N–H and O–H groups in total. The van der Waals surface area contributed by atoms with Gasteiger partial charge in [-0.05, 0) is 55.2 Å². The van der Waals surface area contributed by atoms with Crippen LogP contribution in [0.15, 0.2) is 48.5 Å². The van der Waals surface area contributed by atoms with E-state index >= 15 is 0 Å². The maximum absolute atomic E-state index is 12.3. The minimum Gasteiger partial charge on any atom is -0.494 e. The van der Waals surface area contributed by atoms with Crippen LogP contribution >= 0.6 is 0 Å². The van der Waals surface area contributed by atoms with Crippen LogP contribution in [0, 0.1) is 0 Å². The lowest BCUT2D eigenvalue weighted by atomic mass is 9.96. The van der Waals surface area contributed by atoms with Crippen LogP contribution in [0.5, 0.6) is 5.75 Å². The first-order valence-corrected chi connectivity index (χ1v) is 7.94. The fourth-order valence-electron chi connectivity index (χ4n) is 3.05. The molecule has 0 saturated carbocycles. The molecule has 0 bridgehead atoms. The zero-order valence-electron chi connectivity index (χ0n) is 13.2. The van der Waals surface area contributed by atoms with Crippen LogP contribution in [-0.2, 0) is 12.0 Å². The van der Waals surface area contributed by atoms with E-state index < -0.39 is 5.60 Å². The minimum atomic E-state index is -0.975. The van der Waals surface area contributed by atoms with Gasteiger partial charge in [-0.1, -0.05) is 24.3 Å². The third kappa shape index (κ3) is 3.22. The molecule has 1 amide bonds. The molecule has 0 saturated heterocycles. The highest BCUT2D eigenvalue weighted by Crippen LogP contribution is 2.36. The first-order chi connectivity index (χ1) is 11.1. The Morgan fingerprint density at radius 3 is 2.70 bits per heavy atom. The number of nitrogens with one attached hydrogen (secondary N) is 1. The van der Waals surface area contributed by atoms with Gasteiger partial charge in [0.1, 0.15) is 11.4 Å². The van der Waals surface area contributed by atoms with Crippen molar-refractivity contribution in [2.24, 2.45) is 0 Å². The monoisotopic (exact) mass is 311 g/mol. The highest BCUT2D eigenvalue weighted by atomic mass is 16.5. The van der Waals surface area contributed by atoms with Crippen molar-refractivity contribution in [3.05, 3.63) is 65.2 Å². The van der Waals surface area contributed by atoms with Crippen LogP contribution in [0.1, 0.15) is 34.8 Å². The first kappa shape index (κ1) is 15.6. The molecule has 1 unspecified atom stereocenters. The first-order valence-electron chi connectivity index (χ1n) is 7.94. The van der Waals surface area contributed by atoms with E-state index in [1.54, 1.807) is 24.3 Å². The summed E-state index contributed by atoms with van der Waals surface area (Å²) in [4.78, 5) is 12.3. The largest absolute Gasteiger partial charge is 0.494 e. The summed E-state index contributed by atoms with van der Waals surface area (Å²) in [6.07, 6.45) is 1.47. The third-order valence-corrected chi connectivity index (χ3v) is 4.30. The molecule has 0 fully saturated rings. The number of hydrogen-bond acceptors (Lipinski definition) is 3. The van der Waals surface area contributed by atoms with E-state index in [9.17, 15) is 9.90 Å². The number of rotatable bonds is 5. The molecule has 120 valence electrons. The molecule has 4 nitrogen and oxygen atoms in total. The van der Waals surface area contributed by atoms with Crippen LogP contribution in [0.2, 0.25) is 0 Å². The van der Waals surface area contributed by atoms with Crippen LogP contribution in [-0.4, -0.2) is 24.2 Å². The Bertz CT molecular complexity index is 696. The second-order valence-corrected chi connectivity index (χ2v) is 5.83. The zero-order chi connectivity index (χ0) is 16.3. The lowest BCUT2D eigenvalue weighted by molar-refractivity contribution is 0.0369. The fourth-order valence-corrected chi connectivity index (χ4v) is 3.05. The quantitative estimate of drug-likeness (QED) is 0.892. The number of aryl methyl sites for hydroxylation is 1.